The quantitative estimate of drug-likeness (QED) is 0.737. The third-order valence-electron chi connectivity index (χ3n) is 5.22. The number of rotatable bonds is 8. The van der Waals surface area contributed by atoms with Crippen molar-refractivity contribution in [1.82, 2.24) is 10.2 Å². The zero-order valence-electron chi connectivity index (χ0n) is 16.5. The summed E-state index contributed by atoms with van der Waals surface area (Å²) < 4.78 is 5.76. The van der Waals surface area contributed by atoms with E-state index in [9.17, 15) is 9.90 Å². The third kappa shape index (κ3) is 6.36. The third-order valence-corrected chi connectivity index (χ3v) is 5.22. The summed E-state index contributed by atoms with van der Waals surface area (Å²) in [7, 11) is 0. The number of hydrogen-bond donors (Lipinski definition) is 2. The summed E-state index contributed by atoms with van der Waals surface area (Å²) in [4.78, 5) is 13.3. The predicted octanol–water partition coefficient (Wildman–Crippen LogP) is 2.94. The van der Waals surface area contributed by atoms with Crippen molar-refractivity contribution in [2.45, 2.75) is 25.9 Å². The van der Waals surface area contributed by atoms with E-state index in [4.69, 9.17) is 4.74 Å². The number of piperidine rings is 1. The molecule has 0 bridgehead atoms. The molecule has 1 atom stereocenters. The van der Waals surface area contributed by atoms with Gasteiger partial charge in [-0.2, -0.15) is 0 Å². The Kier molecular flexibility index (Phi) is 7.46. The zero-order chi connectivity index (χ0) is 19.8. The number of β-amino-alcohol motifs (C(OH)–C–C–N with tert-alkyl or cyclic N) is 1. The lowest BCUT2D eigenvalue weighted by Crippen LogP contribution is -2.42. The molecule has 1 fully saturated rings. The van der Waals surface area contributed by atoms with Crippen molar-refractivity contribution >= 4 is 5.91 Å². The van der Waals surface area contributed by atoms with Crippen LogP contribution in [0, 0.1) is 5.92 Å². The van der Waals surface area contributed by atoms with Gasteiger partial charge in [0, 0.05) is 20.0 Å². The molecule has 0 saturated carbocycles. The lowest BCUT2D eigenvalue weighted by atomic mass is 9.96. The van der Waals surface area contributed by atoms with Gasteiger partial charge in [-0.25, -0.2) is 0 Å². The van der Waals surface area contributed by atoms with Gasteiger partial charge in [-0.05, 0) is 55.1 Å². The minimum absolute atomic E-state index is 0.0341. The van der Waals surface area contributed by atoms with Crippen molar-refractivity contribution in [3.63, 3.8) is 0 Å². The molecule has 2 aromatic carbocycles. The van der Waals surface area contributed by atoms with Gasteiger partial charge in [-0.3, -0.25) is 4.79 Å². The molecule has 150 valence electrons. The highest BCUT2D eigenvalue weighted by atomic mass is 16.5. The second-order valence-electron chi connectivity index (χ2n) is 7.54. The molecule has 1 amide bonds. The topological polar surface area (TPSA) is 61.8 Å². The van der Waals surface area contributed by atoms with E-state index in [-0.39, 0.29) is 12.5 Å². The average molecular weight is 383 g/mol. The first kappa shape index (κ1) is 20.4. The molecule has 5 nitrogen and oxygen atoms in total. The minimum Gasteiger partial charge on any atom is -0.491 e. The number of aliphatic hydroxyl groups excluding tert-OH is 1. The second-order valence-corrected chi connectivity index (χ2v) is 7.54. The summed E-state index contributed by atoms with van der Waals surface area (Å²) >= 11 is 0. The van der Waals surface area contributed by atoms with Crippen LogP contribution in [0.4, 0.5) is 0 Å². The van der Waals surface area contributed by atoms with Crippen molar-refractivity contribution in [2.75, 3.05) is 32.8 Å². The molecule has 0 radical (unpaired) electrons. The Labute approximate surface area is 167 Å². The first-order valence-corrected chi connectivity index (χ1v) is 10.0. The maximum absolute atomic E-state index is 11.0. The highest BCUT2D eigenvalue weighted by molar-refractivity contribution is 5.72. The Morgan fingerprint density at radius 2 is 1.75 bits per heavy atom. The van der Waals surface area contributed by atoms with E-state index in [1.165, 1.54) is 5.56 Å². The van der Waals surface area contributed by atoms with E-state index in [1.54, 1.807) is 6.92 Å². The van der Waals surface area contributed by atoms with Crippen LogP contribution in [0.3, 0.4) is 0 Å². The van der Waals surface area contributed by atoms with Gasteiger partial charge in [0.1, 0.15) is 18.5 Å². The van der Waals surface area contributed by atoms with Gasteiger partial charge in [-0.1, -0.05) is 42.5 Å². The molecule has 5 heteroatoms. The fourth-order valence-electron chi connectivity index (χ4n) is 3.58. The fourth-order valence-corrected chi connectivity index (χ4v) is 3.58. The van der Waals surface area contributed by atoms with Gasteiger partial charge in [0.2, 0.25) is 5.91 Å². The first-order chi connectivity index (χ1) is 13.6. The molecule has 3 rings (SSSR count). The second kappa shape index (κ2) is 10.2. The Morgan fingerprint density at radius 1 is 1.11 bits per heavy atom. The molecule has 0 aromatic heterocycles. The Morgan fingerprint density at radius 3 is 2.39 bits per heavy atom. The number of hydrogen-bond acceptors (Lipinski definition) is 4. The monoisotopic (exact) mass is 382 g/mol. The summed E-state index contributed by atoms with van der Waals surface area (Å²) in [5, 5.41) is 13.2. The highest BCUT2D eigenvalue weighted by Crippen LogP contribution is 2.22. The number of nitrogens with one attached hydrogen (secondary N) is 1. The predicted molar refractivity (Wildman–Crippen MR) is 111 cm³/mol. The van der Waals surface area contributed by atoms with E-state index in [1.807, 2.05) is 42.5 Å². The minimum atomic E-state index is -0.513. The molecule has 1 aliphatic rings. The largest absolute Gasteiger partial charge is 0.491 e. The van der Waals surface area contributed by atoms with E-state index in [2.05, 4.69) is 22.3 Å². The smallest absolute Gasteiger partial charge is 0.216 e. The lowest BCUT2D eigenvalue weighted by molar-refractivity contribution is -0.119. The van der Waals surface area contributed by atoms with E-state index in [0.717, 1.165) is 43.8 Å². The van der Waals surface area contributed by atoms with Crippen molar-refractivity contribution in [3.8, 4) is 16.9 Å². The Hall–Kier alpha value is -2.37. The number of amides is 1. The van der Waals surface area contributed by atoms with E-state index in [0.29, 0.717) is 12.5 Å². The molecule has 1 unspecified atom stereocenters. The Balaban J connectivity index is 1.38. The summed E-state index contributed by atoms with van der Waals surface area (Å²) in [5.74, 6) is 1.34. The van der Waals surface area contributed by atoms with Crippen LogP contribution in [0.1, 0.15) is 19.8 Å². The molecule has 1 saturated heterocycles. The van der Waals surface area contributed by atoms with Crippen LogP contribution in [0.2, 0.25) is 0 Å². The van der Waals surface area contributed by atoms with Crippen molar-refractivity contribution in [2.24, 2.45) is 5.92 Å². The van der Waals surface area contributed by atoms with Gasteiger partial charge >= 0.3 is 0 Å². The molecule has 1 heterocycles. The van der Waals surface area contributed by atoms with Crippen LogP contribution in [0.25, 0.3) is 11.1 Å². The summed E-state index contributed by atoms with van der Waals surface area (Å²) in [6.07, 6.45) is 1.59. The van der Waals surface area contributed by atoms with Crippen molar-refractivity contribution < 1.29 is 14.6 Å². The first-order valence-electron chi connectivity index (χ1n) is 10.0. The average Bonchev–Trinajstić information content (AvgIpc) is 2.73. The van der Waals surface area contributed by atoms with Gasteiger partial charge in [0.15, 0.2) is 0 Å². The van der Waals surface area contributed by atoms with Gasteiger partial charge in [0.25, 0.3) is 0 Å². The summed E-state index contributed by atoms with van der Waals surface area (Å²) in [5.41, 5.74) is 2.33. The highest BCUT2D eigenvalue weighted by Gasteiger charge is 2.21. The van der Waals surface area contributed by atoms with Crippen LogP contribution in [0.5, 0.6) is 5.75 Å². The standard InChI is InChI=1S/C23H30N2O3/c1-18(26)24-15-19-11-13-25(14-12-19)16-22(27)17-28-23-9-7-21(8-10-23)20-5-3-2-4-6-20/h2-10,19,22,27H,11-17H2,1H3,(H,24,26). The van der Waals surface area contributed by atoms with Crippen LogP contribution >= 0.6 is 0 Å². The number of ether oxygens (including phenoxy) is 1. The van der Waals surface area contributed by atoms with E-state index >= 15 is 0 Å². The molecule has 28 heavy (non-hydrogen) atoms. The fraction of sp³-hybridized carbons (Fsp3) is 0.435. The normalized spacial score (nSPS) is 16.5. The molecule has 0 aliphatic carbocycles. The van der Waals surface area contributed by atoms with Crippen LogP contribution < -0.4 is 10.1 Å². The van der Waals surface area contributed by atoms with Crippen molar-refractivity contribution in [1.29, 1.82) is 0 Å². The van der Waals surface area contributed by atoms with Gasteiger partial charge in [0.05, 0.1) is 0 Å². The number of likely N-dealkylation sites (tertiary alicyclic amines) is 1. The molecule has 1 aliphatic heterocycles. The number of carbonyl (C=O) groups is 1. The zero-order valence-corrected chi connectivity index (χ0v) is 16.5. The lowest BCUT2D eigenvalue weighted by Gasteiger charge is -2.33. The number of benzene rings is 2. The van der Waals surface area contributed by atoms with Gasteiger partial charge < -0.3 is 20.1 Å². The molecular weight excluding hydrogens is 352 g/mol. The van der Waals surface area contributed by atoms with Crippen molar-refractivity contribution in [3.05, 3.63) is 54.6 Å². The molecule has 2 aromatic rings. The summed E-state index contributed by atoms with van der Waals surface area (Å²) in [6, 6.07) is 18.2. The number of nitrogens with zero attached hydrogens (tertiary/aromatic N) is 1. The molecule has 0 spiro atoms. The number of carbonyl (C=O) groups excluding carboxylic acids is 1. The van der Waals surface area contributed by atoms with Gasteiger partial charge in [-0.15, -0.1) is 0 Å². The van der Waals surface area contributed by atoms with Crippen LogP contribution in [0.15, 0.2) is 54.6 Å². The molecule has 2 N–H and O–H groups in total. The summed E-state index contributed by atoms with van der Waals surface area (Å²) in [6.45, 7) is 5.13. The van der Waals surface area contributed by atoms with Crippen LogP contribution in [-0.4, -0.2) is 54.8 Å². The van der Waals surface area contributed by atoms with Crippen LogP contribution in [-0.2, 0) is 4.79 Å². The SMILES string of the molecule is CC(=O)NCC1CCN(CC(O)COc2ccc(-c3ccccc3)cc2)CC1. The molecular formula is C23H30N2O3. The maximum atomic E-state index is 11.0. The number of aliphatic hydroxyl groups is 1. The maximum Gasteiger partial charge on any atom is 0.216 e. The van der Waals surface area contributed by atoms with E-state index < -0.39 is 6.10 Å². The Bertz CT molecular complexity index is 725.